The Hall–Kier alpha value is -2.74. The summed E-state index contributed by atoms with van der Waals surface area (Å²) in [5.41, 5.74) is 0.312. The summed E-state index contributed by atoms with van der Waals surface area (Å²) in [5.74, 6) is -1.00. The molecule has 1 aliphatic carbocycles. The third kappa shape index (κ3) is 6.12. The van der Waals surface area contributed by atoms with E-state index in [0.717, 1.165) is 30.5 Å². The van der Waals surface area contributed by atoms with Gasteiger partial charge in [0.2, 0.25) is 5.91 Å². The zero-order valence-electron chi connectivity index (χ0n) is 15.2. The minimum atomic E-state index is -4.65. The van der Waals surface area contributed by atoms with Gasteiger partial charge in [0.15, 0.2) is 6.61 Å². The summed E-state index contributed by atoms with van der Waals surface area (Å²) >= 11 is 5.61. The summed E-state index contributed by atoms with van der Waals surface area (Å²) < 4.78 is 44.1. The molecule has 0 bridgehead atoms. The molecule has 0 aromatic heterocycles. The number of amides is 2. The van der Waals surface area contributed by atoms with Crippen LogP contribution in [-0.2, 0) is 22.3 Å². The number of rotatable bonds is 7. The van der Waals surface area contributed by atoms with Crippen LogP contribution in [0.25, 0.3) is 0 Å². The summed E-state index contributed by atoms with van der Waals surface area (Å²) in [6.45, 7) is -0.440. The molecule has 1 saturated carbocycles. The first-order chi connectivity index (χ1) is 13.7. The molecule has 1 fully saturated rings. The van der Waals surface area contributed by atoms with Crippen molar-refractivity contribution in [3.8, 4) is 5.75 Å². The Labute approximate surface area is 170 Å². The normalized spacial score (nSPS) is 13.7. The number of carbonyl (C=O) groups excluding carboxylic acids is 2. The second-order valence-electron chi connectivity index (χ2n) is 6.67. The number of anilines is 1. The third-order valence-electron chi connectivity index (χ3n) is 4.24. The Bertz CT molecular complexity index is 914. The molecule has 9 heteroatoms. The second-order valence-corrected chi connectivity index (χ2v) is 7.10. The number of ether oxygens (including phenoxy) is 1. The molecule has 5 nitrogen and oxygen atoms in total. The minimum Gasteiger partial charge on any atom is -0.483 e. The SMILES string of the molecule is O=C(COc1ccc(Cl)cc1C(F)(F)F)NCc1cccc(NC(=O)C2CC2)c1. The van der Waals surface area contributed by atoms with Gasteiger partial charge in [0.05, 0.1) is 5.56 Å². The van der Waals surface area contributed by atoms with Crippen molar-refractivity contribution in [2.75, 3.05) is 11.9 Å². The second kappa shape index (κ2) is 8.73. The van der Waals surface area contributed by atoms with Crippen LogP contribution in [0.2, 0.25) is 5.02 Å². The van der Waals surface area contributed by atoms with Gasteiger partial charge in [-0.15, -0.1) is 0 Å². The van der Waals surface area contributed by atoms with Gasteiger partial charge in [0.25, 0.3) is 5.91 Å². The number of halogens is 4. The van der Waals surface area contributed by atoms with E-state index in [1.807, 2.05) is 0 Å². The number of hydrogen-bond acceptors (Lipinski definition) is 3. The average molecular weight is 427 g/mol. The summed E-state index contributed by atoms with van der Waals surface area (Å²) in [6, 6.07) is 10.0. The van der Waals surface area contributed by atoms with E-state index < -0.39 is 30.0 Å². The molecular weight excluding hydrogens is 409 g/mol. The van der Waals surface area contributed by atoms with Crippen molar-refractivity contribution >= 4 is 29.1 Å². The van der Waals surface area contributed by atoms with Crippen molar-refractivity contribution in [3.05, 3.63) is 58.6 Å². The van der Waals surface area contributed by atoms with Crippen LogP contribution in [0.5, 0.6) is 5.75 Å². The molecule has 2 N–H and O–H groups in total. The highest BCUT2D eigenvalue weighted by atomic mass is 35.5. The fourth-order valence-corrected chi connectivity index (χ4v) is 2.77. The first kappa shape index (κ1) is 21.0. The molecule has 154 valence electrons. The van der Waals surface area contributed by atoms with Crippen molar-refractivity contribution in [2.45, 2.75) is 25.6 Å². The van der Waals surface area contributed by atoms with Crippen LogP contribution < -0.4 is 15.4 Å². The Morgan fingerprint density at radius 2 is 1.90 bits per heavy atom. The Kier molecular flexibility index (Phi) is 6.32. The van der Waals surface area contributed by atoms with Gasteiger partial charge >= 0.3 is 6.18 Å². The van der Waals surface area contributed by atoms with Gasteiger partial charge in [-0.3, -0.25) is 9.59 Å². The summed E-state index contributed by atoms with van der Waals surface area (Å²) in [6.07, 6.45) is -2.86. The first-order valence-electron chi connectivity index (χ1n) is 8.88. The zero-order chi connectivity index (χ0) is 21.0. The van der Waals surface area contributed by atoms with Crippen LogP contribution in [0.4, 0.5) is 18.9 Å². The van der Waals surface area contributed by atoms with Crippen LogP contribution in [-0.4, -0.2) is 18.4 Å². The summed E-state index contributed by atoms with van der Waals surface area (Å²) in [5, 5.41) is 5.30. The maximum atomic E-state index is 13.0. The van der Waals surface area contributed by atoms with Crippen molar-refractivity contribution < 1.29 is 27.5 Å². The number of carbonyl (C=O) groups is 2. The fraction of sp³-hybridized carbons (Fsp3) is 0.300. The van der Waals surface area contributed by atoms with Gasteiger partial charge in [-0.25, -0.2) is 0 Å². The highest BCUT2D eigenvalue weighted by molar-refractivity contribution is 6.30. The lowest BCUT2D eigenvalue weighted by molar-refractivity contribution is -0.139. The fourth-order valence-electron chi connectivity index (χ4n) is 2.59. The summed E-state index contributed by atoms with van der Waals surface area (Å²) in [7, 11) is 0. The number of benzene rings is 2. The number of hydrogen-bond donors (Lipinski definition) is 2. The lowest BCUT2D eigenvalue weighted by Gasteiger charge is -2.14. The lowest BCUT2D eigenvalue weighted by atomic mass is 10.2. The monoisotopic (exact) mass is 426 g/mol. The summed E-state index contributed by atoms with van der Waals surface area (Å²) in [4.78, 5) is 23.8. The largest absolute Gasteiger partial charge is 0.483 e. The van der Waals surface area contributed by atoms with Crippen molar-refractivity contribution in [3.63, 3.8) is 0 Å². The Morgan fingerprint density at radius 1 is 1.14 bits per heavy atom. The molecule has 29 heavy (non-hydrogen) atoms. The van der Waals surface area contributed by atoms with Crippen LogP contribution >= 0.6 is 11.6 Å². The highest BCUT2D eigenvalue weighted by Gasteiger charge is 2.34. The van der Waals surface area contributed by atoms with E-state index >= 15 is 0 Å². The quantitative estimate of drug-likeness (QED) is 0.689. The molecule has 2 aromatic carbocycles. The third-order valence-corrected chi connectivity index (χ3v) is 4.47. The smallest absolute Gasteiger partial charge is 0.420 e. The van der Waals surface area contributed by atoms with Gasteiger partial charge in [-0.05, 0) is 48.7 Å². The molecule has 0 atom stereocenters. The molecule has 0 aliphatic heterocycles. The van der Waals surface area contributed by atoms with Gasteiger partial charge in [0.1, 0.15) is 5.75 Å². The number of alkyl halides is 3. The first-order valence-corrected chi connectivity index (χ1v) is 9.26. The molecule has 1 aliphatic rings. The van der Waals surface area contributed by atoms with Gasteiger partial charge in [-0.2, -0.15) is 13.2 Å². The van der Waals surface area contributed by atoms with E-state index in [2.05, 4.69) is 10.6 Å². The molecule has 2 aromatic rings. The van der Waals surface area contributed by atoms with Crippen molar-refractivity contribution in [2.24, 2.45) is 5.92 Å². The Morgan fingerprint density at radius 3 is 2.59 bits per heavy atom. The highest BCUT2D eigenvalue weighted by Crippen LogP contribution is 2.37. The topological polar surface area (TPSA) is 67.4 Å². The predicted octanol–water partition coefficient (Wildman–Crippen LogP) is 4.40. The van der Waals surface area contributed by atoms with Crippen LogP contribution in [0.15, 0.2) is 42.5 Å². The molecule has 0 heterocycles. The maximum absolute atomic E-state index is 13.0. The van der Waals surface area contributed by atoms with E-state index in [1.54, 1.807) is 24.3 Å². The average Bonchev–Trinajstić information content (AvgIpc) is 3.50. The van der Waals surface area contributed by atoms with E-state index in [1.165, 1.54) is 6.07 Å². The van der Waals surface area contributed by atoms with Crippen molar-refractivity contribution in [1.82, 2.24) is 5.32 Å². The maximum Gasteiger partial charge on any atom is 0.420 e. The Balaban J connectivity index is 1.52. The molecule has 0 saturated heterocycles. The predicted molar refractivity (Wildman–Crippen MR) is 102 cm³/mol. The lowest BCUT2D eigenvalue weighted by Crippen LogP contribution is -2.28. The van der Waals surface area contributed by atoms with Gasteiger partial charge in [-0.1, -0.05) is 23.7 Å². The van der Waals surface area contributed by atoms with Crippen molar-refractivity contribution in [1.29, 1.82) is 0 Å². The molecule has 2 amide bonds. The molecule has 3 rings (SSSR count). The van der Waals surface area contributed by atoms with E-state index in [-0.39, 0.29) is 23.4 Å². The van der Waals surface area contributed by atoms with Crippen LogP contribution in [0.1, 0.15) is 24.0 Å². The van der Waals surface area contributed by atoms with E-state index in [0.29, 0.717) is 5.69 Å². The van der Waals surface area contributed by atoms with Crippen LogP contribution in [0, 0.1) is 5.92 Å². The molecule has 0 radical (unpaired) electrons. The molecule has 0 unspecified atom stereocenters. The van der Waals surface area contributed by atoms with Gasteiger partial charge in [0, 0.05) is 23.2 Å². The zero-order valence-corrected chi connectivity index (χ0v) is 15.9. The van der Waals surface area contributed by atoms with Crippen LogP contribution in [0.3, 0.4) is 0 Å². The molecule has 0 spiro atoms. The molecular formula is C20H18ClF3N2O3. The van der Waals surface area contributed by atoms with Gasteiger partial charge < -0.3 is 15.4 Å². The van der Waals surface area contributed by atoms with E-state index in [9.17, 15) is 22.8 Å². The standard InChI is InChI=1S/C20H18ClF3N2O3/c21-14-6-7-17(16(9-14)20(22,23)24)29-11-18(27)25-10-12-2-1-3-15(8-12)26-19(28)13-4-5-13/h1-3,6-9,13H,4-5,10-11H2,(H,25,27)(H,26,28). The number of nitrogens with one attached hydrogen (secondary N) is 2. The minimum absolute atomic E-state index is 0.0250. The van der Waals surface area contributed by atoms with E-state index in [4.69, 9.17) is 16.3 Å².